The van der Waals surface area contributed by atoms with Gasteiger partial charge in [-0.25, -0.2) is 4.98 Å². The number of rotatable bonds is 3. The molecule has 0 aliphatic rings. The van der Waals surface area contributed by atoms with Crippen LogP contribution in [0.2, 0.25) is 0 Å². The third-order valence-corrected chi connectivity index (χ3v) is 4.19. The lowest BCUT2D eigenvalue weighted by Crippen LogP contribution is -2.22. The lowest BCUT2D eigenvalue weighted by atomic mass is 10.1. The van der Waals surface area contributed by atoms with Crippen molar-refractivity contribution in [3.63, 3.8) is 0 Å². The first kappa shape index (κ1) is 16.4. The molecular formula is C18H16BrN3O2. The predicted molar refractivity (Wildman–Crippen MR) is 97.3 cm³/mol. The number of fused-ring (bicyclic) bond motifs is 1. The maximum absolute atomic E-state index is 12.6. The minimum atomic E-state index is -0.100. The fourth-order valence-electron chi connectivity index (χ4n) is 2.54. The second-order valence-corrected chi connectivity index (χ2v) is 6.56. The molecule has 0 saturated carbocycles. The molecule has 0 bridgehead atoms. The Morgan fingerprint density at radius 1 is 1.25 bits per heavy atom. The van der Waals surface area contributed by atoms with Gasteiger partial charge in [-0.2, -0.15) is 0 Å². The molecule has 0 aliphatic carbocycles. The smallest absolute Gasteiger partial charge is 0.260 e. The summed E-state index contributed by atoms with van der Waals surface area (Å²) in [6.45, 7) is 0.402. The Morgan fingerprint density at radius 3 is 2.79 bits per heavy atom. The van der Waals surface area contributed by atoms with Crippen LogP contribution in [0.3, 0.4) is 0 Å². The van der Waals surface area contributed by atoms with Crippen LogP contribution in [0.1, 0.15) is 15.9 Å². The van der Waals surface area contributed by atoms with Gasteiger partial charge in [0, 0.05) is 32.1 Å². The summed E-state index contributed by atoms with van der Waals surface area (Å²) in [4.78, 5) is 30.3. The quantitative estimate of drug-likeness (QED) is 0.651. The van der Waals surface area contributed by atoms with E-state index in [9.17, 15) is 9.59 Å². The van der Waals surface area contributed by atoms with E-state index >= 15 is 0 Å². The minimum absolute atomic E-state index is 0.0586. The van der Waals surface area contributed by atoms with E-state index in [4.69, 9.17) is 0 Å². The summed E-state index contributed by atoms with van der Waals surface area (Å²) in [5.41, 5.74) is 1.41. The van der Waals surface area contributed by atoms with Gasteiger partial charge in [0.25, 0.3) is 11.5 Å². The van der Waals surface area contributed by atoms with Crippen LogP contribution in [0.25, 0.3) is 10.8 Å². The Hall–Kier alpha value is -2.47. The number of pyridine rings is 2. The molecule has 1 aromatic carbocycles. The number of carbonyl (C=O) groups excluding carboxylic acids is 1. The molecular weight excluding hydrogens is 370 g/mol. The highest BCUT2D eigenvalue weighted by Crippen LogP contribution is 2.14. The number of aromatic nitrogens is 2. The van der Waals surface area contributed by atoms with Crippen LogP contribution in [0.5, 0.6) is 0 Å². The Kier molecular flexibility index (Phi) is 4.49. The first-order valence-corrected chi connectivity index (χ1v) is 8.20. The van der Waals surface area contributed by atoms with Crippen LogP contribution < -0.4 is 5.56 Å². The Morgan fingerprint density at radius 2 is 2.04 bits per heavy atom. The van der Waals surface area contributed by atoms with Gasteiger partial charge < -0.3 is 9.47 Å². The molecule has 5 nitrogen and oxygen atoms in total. The second kappa shape index (κ2) is 6.57. The summed E-state index contributed by atoms with van der Waals surface area (Å²) in [5, 5.41) is 1.41. The average molecular weight is 386 g/mol. The molecule has 0 spiro atoms. The fraction of sp³-hybridized carbons (Fsp3) is 0.167. The van der Waals surface area contributed by atoms with E-state index in [1.807, 2.05) is 30.3 Å². The van der Waals surface area contributed by atoms with Crippen molar-refractivity contribution in [1.82, 2.24) is 14.5 Å². The number of hydrogen-bond acceptors (Lipinski definition) is 3. The normalized spacial score (nSPS) is 10.8. The van der Waals surface area contributed by atoms with Crippen molar-refractivity contribution in [1.29, 1.82) is 0 Å². The lowest BCUT2D eigenvalue weighted by Gasteiger charge is -2.12. The highest BCUT2D eigenvalue weighted by molar-refractivity contribution is 9.10. The molecule has 3 aromatic rings. The Bertz CT molecular complexity index is 979. The molecule has 0 N–H and O–H groups in total. The zero-order valence-corrected chi connectivity index (χ0v) is 14.9. The SMILES string of the molecule is CN(C)C(=O)c1cccc(Cn2ccc3cc(Br)ncc3c2=O)c1. The molecule has 2 heterocycles. The van der Waals surface area contributed by atoms with Crippen molar-refractivity contribution >= 4 is 32.6 Å². The molecule has 6 heteroatoms. The largest absolute Gasteiger partial charge is 0.345 e. The second-order valence-electron chi connectivity index (χ2n) is 5.74. The zero-order valence-electron chi connectivity index (χ0n) is 13.4. The highest BCUT2D eigenvalue weighted by Gasteiger charge is 2.09. The summed E-state index contributed by atoms with van der Waals surface area (Å²) >= 11 is 3.31. The fourth-order valence-corrected chi connectivity index (χ4v) is 2.88. The van der Waals surface area contributed by atoms with Gasteiger partial charge in [0.15, 0.2) is 0 Å². The van der Waals surface area contributed by atoms with Gasteiger partial charge in [0.1, 0.15) is 4.60 Å². The van der Waals surface area contributed by atoms with Gasteiger partial charge in [-0.1, -0.05) is 12.1 Å². The van der Waals surface area contributed by atoms with Gasteiger partial charge in [0.05, 0.1) is 11.9 Å². The van der Waals surface area contributed by atoms with E-state index in [0.717, 1.165) is 10.9 Å². The number of carbonyl (C=O) groups is 1. The van der Waals surface area contributed by atoms with Crippen molar-refractivity contribution in [2.45, 2.75) is 6.54 Å². The molecule has 1 amide bonds. The minimum Gasteiger partial charge on any atom is -0.345 e. The number of benzene rings is 1. The Balaban J connectivity index is 1.97. The zero-order chi connectivity index (χ0) is 17.3. The van der Waals surface area contributed by atoms with Gasteiger partial charge in [0.2, 0.25) is 0 Å². The first-order valence-electron chi connectivity index (χ1n) is 7.41. The molecule has 0 radical (unpaired) electrons. The van der Waals surface area contributed by atoms with E-state index in [1.54, 1.807) is 37.1 Å². The number of halogens is 1. The molecule has 24 heavy (non-hydrogen) atoms. The third-order valence-electron chi connectivity index (χ3n) is 3.76. The molecule has 0 aliphatic heterocycles. The number of amides is 1. The molecule has 3 rings (SSSR count). The predicted octanol–water partition coefficient (Wildman–Crippen LogP) is 2.91. The lowest BCUT2D eigenvalue weighted by molar-refractivity contribution is 0.0827. The molecule has 0 atom stereocenters. The number of hydrogen-bond donors (Lipinski definition) is 0. The van der Waals surface area contributed by atoms with Crippen molar-refractivity contribution in [3.8, 4) is 0 Å². The van der Waals surface area contributed by atoms with Crippen LogP contribution in [0.4, 0.5) is 0 Å². The van der Waals surface area contributed by atoms with Crippen LogP contribution in [0.15, 0.2) is 58.2 Å². The summed E-state index contributed by atoms with van der Waals surface area (Å²) in [6.07, 6.45) is 3.34. The van der Waals surface area contributed by atoms with E-state index in [1.165, 1.54) is 4.90 Å². The molecule has 2 aromatic heterocycles. The van der Waals surface area contributed by atoms with Crippen molar-refractivity contribution in [2.75, 3.05) is 14.1 Å². The summed E-state index contributed by atoms with van der Waals surface area (Å²) in [6, 6.07) is 11.0. The van der Waals surface area contributed by atoms with Gasteiger partial charge >= 0.3 is 0 Å². The monoisotopic (exact) mass is 385 g/mol. The maximum Gasteiger partial charge on any atom is 0.260 e. The van der Waals surface area contributed by atoms with Crippen LogP contribution in [-0.4, -0.2) is 34.5 Å². The van der Waals surface area contributed by atoms with Gasteiger partial charge in [-0.3, -0.25) is 9.59 Å². The van der Waals surface area contributed by atoms with Crippen molar-refractivity contribution in [3.05, 3.63) is 74.9 Å². The maximum atomic E-state index is 12.6. The average Bonchev–Trinajstić information content (AvgIpc) is 2.57. The van der Waals surface area contributed by atoms with Gasteiger partial charge in [-0.15, -0.1) is 0 Å². The van der Waals surface area contributed by atoms with Crippen molar-refractivity contribution < 1.29 is 4.79 Å². The van der Waals surface area contributed by atoms with E-state index < -0.39 is 0 Å². The van der Waals surface area contributed by atoms with Crippen LogP contribution in [0, 0.1) is 0 Å². The van der Waals surface area contributed by atoms with Gasteiger partial charge in [-0.05, 0) is 51.1 Å². The van der Waals surface area contributed by atoms with Crippen molar-refractivity contribution in [2.24, 2.45) is 0 Å². The summed E-state index contributed by atoms with van der Waals surface area (Å²) in [7, 11) is 3.43. The summed E-state index contributed by atoms with van der Waals surface area (Å²) in [5.74, 6) is -0.0586. The molecule has 0 unspecified atom stereocenters. The van der Waals surface area contributed by atoms with E-state index in [2.05, 4.69) is 20.9 Å². The highest BCUT2D eigenvalue weighted by atomic mass is 79.9. The van der Waals surface area contributed by atoms with E-state index in [0.29, 0.717) is 22.1 Å². The molecule has 0 fully saturated rings. The summed E-state index contributed by atoms with van der Waals surface area (Å²) < 4.78 is 2.32. The third kappa shape index (κ3) is 3.23. The van der Waals surface area contributed by atoms with Crippen LogP contribution in [-0.2, 0) is 6.54 Å². The van der Waals surface area contributed by atoms with Crippen LogP contribution >= 0.6 is 15.9 Å². The Labute approximate surface area is 147 Å². The van der Waals surface area contributed by atoms with E-state index in [-0.39, 0.29) is 11.5 Å². The number of nitrogens with zero attached hydrogens (tertiary/aromatic N) is 3. The standard InChI is InChI=1S/C18H16BrN3O2/c1-21(2)17(23)14-5-3-4-12(8-14)11-22-7-6-13-9-16(19)20-10-15(13)18(22)24/h3-10H,11H2,1-2H3. The molecule has 0 saturated heterocycles. The molecule has 122 valence electrons. The first-order chi connectivity index (χ1) is 11.5. The topological polar surface area (TPSA) is 55.2 Å².